The second-order valence-electron chi connectivity index (χ2n) is 3.44. The lowest BCUT2D eigenvalue weighted by Crippen LogP contribution is -2.10. The van der Waals surface area contributed by atoms with Crippen molar-refractivity contribution in [3.05, 3.63) is 35.4 Å². The van der Waals surface area contributed by atoms with Crippen LogP contribution in [0.25, 0.3) is 0 Å². The first kappa shape index (κ1) is 12.4. The number of ketones is 1. The molecule has 0 amide bonds. The minimum Gasteiger partial charge on any atom is -0.399 e. The Morgan fingerprint density at radius 2 is 2.00 bits per heavy atom. The first-order chi connectivity index (χ1) is 7.67. The van der Waals surface area contributed by atoms with E-state index in [0.29, 0.717) is 5.56 Å². The number of Topliss-reactive ketones (excluding diaryl/α,β-unsaturated/α-hetero) is 1. The zero-order valence-corrected chi connectivity index (χ0v) is 9.37. The third kappa shape index (κ3) is 3.46. The molecule has 0 radical (unpaired) electrons. The van der Waals surface area contributed by atoms with Crippen molar-refractivity contribution in [1.29, 1.82) is 0 Å². The zero-order chi connectivity index (χ0) is 12.0. The van der Waals surface area contributed by atoms with Crippen molar-refractivity contribution in [3.8, 4) is 0 Å². The molecule has 0 aromatic heterocycles. The standard InChI is InChI=1S/C12H14FNO2/c1-9-3-5-10(6-4-9)12(15)7-11(8-13)14-16-2/h3-6H,7-8H2,1-2H3. The number of aryl methyl sites for hydroxylation is 1. The van der Waals surface area contributed by atoms with Gasteiger partial charge in [0.1, 0.15) is 13.8 Å². The molecule has 86 valence electrons. The fourth-order valence-electron chi connectivity index (χ4n) is 1.26. The molecule has 0 bridgehead atoms. The highest BCUT2D eigenvalue weighted by Gasteiger charge is 2.10. The van der Waals surface area contributed by atoms with Crippen LogP contribution >= 0.6 is 0 Å². The SMILES string of the molecule is CON=C(CF)CC(=O)c1ccc(C)cc1. The summed E-state index contributed by atoms with van der Waals surface area (Å²) in [6.45, 7) is 1.17. The molecule has 0 aliphatic heterocycles. The summed E-state index contributed by atoms with van der Waals surface area (Å²) in [7, 11) is 1.33. The van der Waals surface area contributed by atoms with Crippen LogP contribution in [0, 0.1) is 6.92 Å². The van der Waals surface area contributed by atoms with E-state index in [1.807, 2.05) is 19.1 Å². The summed E-state index contributed by atoms with van der Waals surface area (Å²) in [5.74, 6) is -0.159. The number of alkyl halides is 1. The zero-order valence-electron chi connectivity index (χ0n) is 9.37. The average Bonchev–Trinajstić information content (AvgIpc) is 2.29. The maximum Gasteiger partial charge on any atom is 0.168 e. The quantitative estimate of drug-likeness (QED) is 0.437. The van der Waals surface area contributed by atoms with Crippen molar-refractivity contribution in [2.45, 2.75) is 13.3 Å². The summed E-state index contributed by atoms with van der Waals surface area (Å²) < 4.78 is 12.4. The number of halogens is 1. The minimum atomic E-state index is -0.772. The molecule has 0 saturated heterocycles. The molecule has 0 spiro atoms. The van der Waals surface area contributed by atoms with E-state index in [-0.39, 0.29) is 17.9 Å². The van der Waals surface area contributed by atoms with E-state index in [9.17, 15) is 9.18 Å². The molecule has 0 atom stereocenters. The van der Waals surface area contributed by atoms with Gasteiger partial charge >= 0.3 is 0 Å². The fourth-order valence-corrected chi connectivity index (χ4v) is 1.26. The summed E-state index contributed by atoms with van der Waals surface area (Å²) in [6.07, 6.45) is -0.0482. The number of nitrogens with zero attached hydrogens (tertiary/aromatic N) is 1. The van der Waals surface area contributed by atoms with Gasteiger partial charge in [0.05, 0.1) is 12.1 Å². The van der Waals surface area contributed by atoms with Gasteiger partial charge in [0.2, 0.25) is 0 Å². The van der Waals surface area contributed by atoms with Crippen molar-refractivity contribution in [1.82, 2.24) is 0 Å². The Balaban J connectivity index is 2.72. The maximum atomic E-state index is 12.4. The highest BCUT2D eigenvalue weighted by Crippen LogP contribution is 2.07. The molecule has 0 unspecified atom stereocenters. The molecule has 4 heteroatoms. The van der Waals surface area contributed by atoms with Gasteiger partial charge in [-0.3, -0.25) is 4.79 Å². The van der Waals surface area contributed by atoms with E-state index in [0.717, 1.165) is 5.56 Å². The summed E-state index contributed by atoms with van der Waals surface area (Å²) in [6, 6.07) is 7.13. The summed E-state index contributed by atoms with van der Waals surface area (Å²) in [5, 5.41) is 3.45. The van der Waals surface area contributed by atoms with E-state index in [2.05, 4.69) is 9.99 Å². The molecule has 1 aromatic carbocycles. The molecular formula is C12H14FNO2. The summed E-state index contributed by atoms with van der Waals surface area (Å²) in [4.78, 5) is 16.1. The highest BCUT2D eigenvalue weighted by molar-refractivity contribution is 6.09. The summed E-state index contributed by atoms with van der Waals surface area (Å²) >= 11 is 0. The second kappa shape index (κ2) is 6.00. The predicted octanol–water partition coefficient (Wildman–Crippen LogP) is 2.54. The number of carbonyl (C=O) groups excluding carboxylic acids is 1. The molecule has 1 rings (SSSR count). The van der Waals surface area contributed by atoms with Gasteiger partial charge < -0.3 is 4.84 Å². The number of rotatable bonds is 5. The van der Waals surface area contributed by atoms with Crippen LogP contribution in [0.2, 0.25) is 0 Å². The van der Waals surface area contributed by atoms with Gasteiger partial charge in [-0.25, -0.2) is 4.39 Å². The van der Waals surface area contributed by atoms with Crippen molar-refractivity contribution in [2.75, 3.05) is 13.8 Å². The monoisotopic (exact) mass is 223 g/mol. The van der Waals surface area contributed by atoms with Crippen molar-refractivity contribution >= 4 is 11.5 Å². The van der Waals surface area contributed by atoms with E-state index in [1.54, 1.807) is 12.1 Å². The van der Waals surface area contributed by atoms with Crippen molar-refractivity contribution in [3.63, 3.8) is 0 Å². The van der Waals surface area contributed by atoms with Crippen molar-refractivity contribution in [2.24, 2.45) is 5.16 Å². The Labute approximate surface area is 93.9 Å². The first-order valence-electron chi connectivity index (χ1n) is 4.92. The Kier molecular flexibility index (Phi) is 4.64. The van der Waals surface area contributed by atoms with Crippen LogP contribution in [-0.4, -0.2) is 25.3 Å². The van der Waals surface area contributed by atoms with Gasteiger partial charge in [0.25, 0.3) is 0 Å². The highest BCUT2D eigenvalue weighted by atomic mass is 19.1. The smallest absolute Gasteiger partial charge is 0.168 e. The molecular weight excluding hydrogens is 209 g/mol. The van der Waals surface area contributed by atoms with Crippen LogP contribution in [0.15, 0.2) is 29.4 Å². The molecule has 0 heterocycles. The van der Waals surface area contributed by atoms with Gasteiger partial charge in [-0.15, -0.1) is 0 Å². The number of oxime groups is 1. The van der Waals surface area contributed by atoms with Crippen LogP contribution in [0.3, 0.4) is 0 Å². The number of carbonyl (C=O) groups is 1. The predicted molar refractivity (Wildman–Crippen MR) is 60.5 cm³/mol. The molecule has 3 nitrogen and oxygen atoms in total. The van der Waals surface area contributed by atoms with Crippen molar-refractivity contribution < 1.29 is 14.0 Å². The molecule has 0 N–H and O–H groups in total. The molecule has 16 heavy (non-hydrogen) atoms. The van der Waals surface area contributed by atoms with E-state index < -0.39 is 6.67 Å². The average molecular weight is 223 g/mol. The van der Waals surface area contributed by atoms with E-state index in [4.69, 9.17) is 0 Å². The molecule has 0 saturated carbocycles. The van der Waals surface area contributed by atoms with Gasteiger partial charge in [0, 0.05) is 5.56 Å². The number of benzene rings is 1. The first-order valence-corrected chi connectivity index (χ1v) is 4.92. The number of hydrogen-bond acceptors (Lipinski definition) is 3. The maximum absolute atomic E-state index is 12.4. The van der Waals surface area contributed by atoms with Crippen LogP contribution in [-0.2, 0) is 4.84 Å². The topological polar surface area (TPSA) is 38.7 Å². The molecule has 0 aliphatic carbocycles. The lowest BCUT2D eigenvalue weighted by Gasteiger charge is -2.02. The molecule has 0 aliphatic rings. The summed E-state index contributed by atoms with van der Waals surface area (Å²) in [5.41, 5.74) is 1.74. The Bertz CT molecular complexity index is 385. The van der Waals surface area contributed by atoms with Crippen LogP contribution in [0.4, 0.5) is 4.39 Å². The second-order valence-corrected chi connectivity index (χ2v) is 3.44. The van der Waals surface area contributed by atoms with E-state index >= 15 is 0 Å². The largest absolute Gasteiger partial charge is 0.399 e. The van der Waals surface area contributed by atoms with Gasteiger partial charge in [0.15, 0.2) is 5.78 Å². The third-order valence-corrected chi connectivity index (χ3v) is 2.11. The van der Waals surface area contributed by atoms with E-state index in [1.165, 1.54) is 7.11 Å². The fraction of sp³-hybridized carbons (Fsp3) is 0.333. The van der Waals surface area contributed by atoms with Crippen LogP contribution in [0.5, 0.6) is 0 Å². The number of hydrogen-bond donors (Lipinski definition) is 0. The Morgan fingerprint density at radius 3 is 2.50 bits per heavy atom. The lowest BCUT2D eigenvalue weighted by atomic mass is 10.0. The Hall–Kier alpha value is -1.71. The molecule has 1 aromatic rings. The normalized spacial score (nSPS) is 11.3. The molecule has 0 fully saturated rings. The lowest BCUT2D eigenvalue weighted by molar-refractivity contribution is 0.0997. The Morgan fingerprint density at radius 1 is 1.38 bits per heavy atom. The van der Waals surface area contributed by atoms with Gasteiger partial charge in [-0.2, -0.15) is 0 Å². The third-order valence-electron chi connectivity index (χ3n) is 2.11. The van der Waals surface area contributed by atoms with Gasteiger partial charge in [-0.05, 0) is 6.92 Å². The van der Waals surface area contributed by atoms with Crippen LogP contribution < -0.4 is 0 Å². The van der Waals surface area contributed by atoms with Gasteiger partial charge in [-0.1, -0.05) is 35.0 Å². The van der Waals surface area contributed by atoms with Crippen LogP contribution in [0.1, 0.15) is 22.3 Å². The minimum absolute atomic E-state index is 0.0482.